The molecule has 2 aromatic rings. The first kappa shape index (κ1) is 17.0. The molecule has 4 nitrogen and oxygen atoms in total. The van der Waals surface area contributed by atoms with E-state index in [2.05, 4.69) is 10.2 Å². The van der Waals surface area contributed by atoms with Crippen molar-refractivity contribution in [1.82, 2.24) is 10.2 Å². The number of para-hydroxylation sites is 1. The molecule has 0 spiro atoms. The van der Waals surface area contributed by atoms with Crippen LogP contribution in [0.25, 0.3) is 0 Å². The van der Waals surface area contributed by atoms with Crippen molar-refractivity contribution in [3.05, 3.63) is 66.2 Å². The molecule has 1 atom stereocenters. The summed E-state index contributed by atoms with van der Waals surface area (Å²) in [4.78, 5) is 14.6. The average Bonchev–Trinajstić information content (AvgIpc) is 2.58. The third kappa shape index (κ3) is 5.75. The number of nitrogens with one attached hydrogen (secondary N) is 1. The number of nitrogens with zero attached hydrogens (tertiary/aromatic N) is 1. The third-order valence-electron chi connectivity index (χ3n) is 3.42. The number of amides is 1. The topological polar surface area (TPSA) is 41.6 Å². The van der Waals surface area contributed by atoms with Crippen molar-refractivity contribution < 1.29 is 9.53 Å². The zero-order chi connectivity index (χ0) is 16.5. The van der Waals surface area contributed by atoms with Crippen LogP contribution in [0.15, 0.2) is 60.7 Å². The lowest BCUT2D eigenvalue weighted by atomic mass is 10.1. The number of rotatable bonds is 8. The van der Waals surface area contributed by atoms with Gasteiger partial charge in [0.15, 0.2) is 0 Å². The van der Waals surface area contributed by atoms with Crippen LogP contribution in [-0.4, -0.2) is 38.0 Å². The number of hydrogen-bond donors (Lipinski definition) is 1. The Morgan fingerprint density at radius 2 is 1.65 bits per heavy atom. The molecule has 0 aliphatic carbocycles. The van der Waals surface area contributed by atoms with Gasteiger partial charge in [0.05, 0.1) is 0 Å². The van der Waals surface area contributed by atoms with Gasteiger partial charge in [0.2, 0.25) is 6.10 Å². The van der Waals surface area contributed by atoms with Crippen molar-refractivity contribution in [2.75, 3.05) is 27.2 Å². The molecule has 1 amide bonds. The molecule has 0 fully saturated rings. The van der Waals surface area contributed by atoms with Crippen LogP contribution >= 0.6 is 0 Å². The van der Waals surface area contributed by atoms with Gasteiger partial charge in [-0.2, -0.15) is 0 Å². The van der Waals surface area contributed by atoms with Gasteiger partial charge in [0, 0.05) is 12.1 Å². The SMILES string of the molecule is CN(C)CCCNC(=O)[C@@H](Oc1ccccc1)c1ccccc1. The van der Waals surface area contributed by atoms with Gasteiger partial charge in [0.1, 0.15) is 5.75 Å². The van der Waals surface area contributed by atoms with E-state index in [1.54, 1.807) is 0 Å². The summed E-state index contributed by atoms with van der Waals surface area (Å²) in [5.41, 5.74) is 0.849. The van der Waals surface area contributed by atoms with Crippen LogP contribution in [0.2, 0.25) is 0 Å². The molecule has 4 heteroatoms. The van der Waals surface area contributed by atoms with E-state index in [1.807, 2.05) is 74.8 Å². The quantitative estimate of drug-likeness (QED) is 0.762. The fraction of sp³-hybridized carbons (Fsp3) is 0.316. The van der Waals surface area contributed by atoms with Crippen LogP contribution in [0, 0.1) is 0 Å². The van der Waals surface area contributed by atoms with Crippen LogP contribution in [0.5, 0.6) is 5.75 Å². The monoisotopic (exact) mass is 312 g/mol. The van der Waals surface area contributed by atoms with Crippen molar-refractivity contribution in [2.24, 2.45) is 0 Å². The number of carbonyl (C=O) groups is 1. The van der Waals surface area contributed by atoms with Gasteiger partial charge in [0.25, 0.3) is 5.91 Å². The van der Waals surface area contributed by atoms with Gasteiger partial charge in [-0.05, 0) is 39.2 Å². The summed E-state index contributed by atoms with van der Waals surface area (Å²) in [6.45, 7) is 1.58. The highest BCUT2D eigenvalue weighted by atomic mass is 16.5. The first-order valence-corrected chi connectivity index (χ1v) is 7.86. The van der Waals surface area contributed by atoms with E-state index in [1.165, 1.54) is 0 Å². The average molecular weight is 312 g/mol. The summed E-state index contributed by atoms with van der Waals surface area (Å²) in [5.74, 6) is 0.573. The van der Waals surface area contributed by atoms with Gasteiger partial charge in [-0.25, -0.2) is 0 Å². The summed E-state index contributed by atoms with van der Waals surface area (Å²) in [5, 5.41) is 2.97. The van der Waals surface area contributed by atoms with E-state index in [4.69, 9.17) is 4.74 Å². The molecule has 1 N–H and O–H groups in total. The van der Waals surface area contributed by atoms with Crippen molar-refractivity contribution in [3.63, 3.8) is 0 Å². The minimum Gasteiger partial charge on any atom is -0.476 e. The molecule has 2 aromatic carbocycles. The molecule has 2 rings (SSSR count). The van der Waals surface area contributed by atoms with Crippen molar-refractivity contribution >= 4 is 5.91 Å². The molecular formula is C19H24N2O2. The van der Waals surface area contributed by atoms with Crippen molar-refractivity contribution in [2.45, 2.75) is 12.5 Å². The highest BCUT2D eigenvalue weighted by molar-refractivity contribution is 5.82. The first-order valence-electron chi connectivity index (χ1n) is 7.86. The minimum atomic E-state index is -0.641. The smallest absolute Gasteiger partial charge is 0.265 e. The Morgan fingerprint density at radius 3 is 2.26 bits per heavy atom. The molecule has 0 saturated heterocycles. The predicted octanol–water partition coefficient (Wildman–Crippen LogP) is 2.87. The van der Waals surface area contributed by atoms with Gasteiger partial charge in [-0.3, -0.25) is 4.79 Å². The van der Waals surface area contributed by atoms with E-state index >= 15 is 0 Å². The minimum absolute atomic E-state index is 0.112. The Morgan fingerprint density at radius 1 is 1.04 bits per heavy atom. The van der Waals surface area contributed by atoms with Gasteiger partial charge < -0.3 is 15.0 Å². The number of ether oxygens (including phenoxy) is 1. The van der Waals surface area contributed by atoms with Crippen molar-refractivity contribution in [1.29, 1.82) is 0 Å². The van der Waals surface area contributed by atoms with E-state index in [0.717, 1.165) is 18.5 Å². The fourth-order valence-electron chi connectivity index (χ4n) is 2.24. The maximum atomic E-state index is 12.5. The molecule has 0 saturated carbocycles. The molecule has 0 bridgehead atoms. The van der Waals surface area contributed by atoms with Crippen LogP contribution in [0.4, 0.5) is 0 Å². The Labute approximate surface area is 138 Å². The van der Waals surface area contributed by atoms with E-state index in [9.17, 15) is 4.79 Å². The molecular weight excluding hydrogens is 288 g/mol. The molecule has 0 aromatic heterocycles. The Balaban J connectivity index is 2.03. The second-order valence-corrected chi connectivity index (χ2v) is 5.67. The lowest BCUT2D eigenvalue weighted by Crippen LogP contribution is -2.34. The number of benzene rings is 2. The highest BCUT2D eigenvalue weighted by Gasteiger charge is 2.22. The second-order valence-electron chi connectivity index (χ2n) is 5.67. The normalized spacial score (nSPS) is 12.0. The van der Waals surface area contributed by atoms with Crippen LogP contribution < -0.4 is 10.1 Å². The maximum Gasteiger partial charge on any atom is 0.265 e. The lowest BCUT2D eigenvalue weighted by molar-refractivity contribution is -0.128. The zero-order valence-electron chi connectivity index (χ0n) is 13.7. The molecule has 0 aliphatic heterocycles. The number of hydrogen-bond acceptors (Lipinski definition) is 3. The molecule has 23 heavy (non-hydrogen) atoms. The molecule has 0 unspecified atom stereocenters. The van der Waals surface area contributed by atoms with Gasteiger partial charge in [-0.1, -0.05) is 48.5 Å². The zero-order valence-corrected chi connectivity index (χ0v) is 13.7. The predicted molar refractivity (Wildman–Crippen MR) is 92.4 cm³/mol. The second kappa shape index (κ2) is 8.96. The van der Waals surface area contributed by atoms with Crippen molar-refractivity contribution in [3.8, 4) is 5.75 Å². The van der Waals surface area contributed by atoms with E-state index < -0.39 is 6.10 Å². The summed E-state index contributed by atoms with van der Waals surface area (Å²) < 4.78 is 5.92. The summed E-state index contributed by atoms with van der Waals surface area (Å²) in [7, 11) is 4.04. The van der Waals surface area contributed by atoms with Crippen LogP contribution in [0.3, 0.4) is 0 Å². The van der Waals surface area contributed by atoms with Crippen LogP contribution in [0.1, 0.15) is 18.1 Å². The maximum absolute atomic E-state index is 12.5. The Kier molecular flexibility index (Phi) is 6.63. The molecule has 0 heterocycles. The summed E-state index contributed by atoms with van der Waals surface area (Å²) in [6.07, 6.45) is 0.268. The number of carbonyl (C=O) groups excluding carboxylic acids is 1. The molecule has 0 aliphatic rings. The lowest BCUT2D eigenvalue weighted by Gasteiger charge is -2.19. The van der Waals surface area contributed by atoms with Gasteiger partial charge in [-0.15, -0.1) is 0 Å². The molecule has 0 radical (unpaired) electrons. The van der Waals surface area contributed by atoms with E-state index in [0.29, 0.717) is 12.3 Å². The summed E-state index contributed by atoms with van der Waals surface area (Å²) in [6, 6.07) is 19.0. The standard InChI is InChI=1S/C19H24N2O2/c1-21(2)15-9-14-20-19(22)18(16-10-5-3-6-11-16)23-17-12-7-4-8-13-17/h3-8,10-13,18H,9,14-15H2,1-2H3,(H,20,22)/t18-/m0/s1. The van der Waals surface area contributed by atoms with E-state index in [-0.39, 0.29) is 5.91 Å². The third-order valence-corrected chi connectivity index (χ3v) is 3.42. The summed E-state index contributed by atoms with van der Waals surface area (Å²) >= 11 is 0. The Bertz CT molecular complexity index is 585. The first-order chi connectivity index (χ1) is 11.2. The van der Waals surface area contributed by atoms with Gasteiger partial charge >= 0.3 is 0 Å². The van der Waals surface area contributed by atoms with Crippen LogP contribution in [-0.2, 0) is 4.79 Å². The fourth-order valence-corrected chi connectivity index (χ4v) is 2.24. The Hall–Kier alpha value is -2.33. The largest absolute Gasteiger partial charge is 0.476 e. The molecule has 122 valence electrons. The highest BCUT2D eigenvalue weighted by Crippen LogP contribution is 2.21.